The maximum absolute atomic E-state index is 6.37. The highest BCUT2D eigenvalue weighted by Crippen LogP contribution is 2.40. The van der Waals surface area contributed by atoms with Crippen LogP contribution in [0.15, 0.2) is 59.1 Å². The summed E-state index contributed by atoms with van der Waals surface area (Å²) in [5.41, 5.74) is 1.80. The number of hydrogen-bond donors (Lipinski definition) is 1. The van der Waals surface area contributed by atoms with Crippen LogP contribution in [-0.4, -0.2) is 59.3 Å². The Morgan fingerprint density at radius 2 is 1.88 bits per heavy atom. The Balaban J connectivity index is 1.45. The van der Waals surface area contributed by atoms with E-state index in [0.29, 0.717) is 15.2 Å². The number of aromatic nitrogens is 1. The Hall–Kier alpha value is -2.16. The summed E-state index contributed by atoms with van der Waals surface area (Å²) in [4.78, 5) is 9.21. The molecule has 2 aliphatic heterocycles. The molecule has 0 spiro atoms. The van der Waals surface area contributed by atoms with Crippen molar-refractivity contribution in [2.75, 3.05) is 39.4 Å². The normalized spacial score (nSPS) is 21.4. The third-order valence-electron chi connectivity index (χ3n) is 6.08. The monoisotopic (exact) mass is 502 g/mol. The van der Waals surface area contributed by atoms with Crippen molar-refractivity contribution >= 4 is 40.5 Å². The number of pyridine rings is 1. The van der Waals surface area contributed by atoms with Crippen LogP contribution in [0.5, 0.6) is 0 Å². The molecule has 2 atom stereocenters. The number of benzene rings is 1. The van der Waals surface area contributed by atoms with E-state index in [2.05, 4.69) is 20.1 Å². The largest absolute Gasteiger partial charge is 0.459 e. The van der Waals surface area contributed by atoms with E-state index >= 15 is 0 Å². The number of rotatable bonds is 6. The second-order valence-electron chi connectivity index (χ2n) is 8.10. The summed E-state index contributed by atoms with van der Waals surface area (Å²) < 4.78 is 11.9. The van der Waals surface area contributed by atoms with Crippen molar-refractivity contribution in [2.45, 2.75) is 12.1 Å². The van der Waals surface area contributed by atoms with E-state index in [9.17, 15) is 0 Å². The van der Waals surface area contributed by atoms with E-state index < -0.39 is 0 Å². The van der Waals surface area contributed by atoms with Crippen LogP contribution in [-0.2, 0) is 4.74 Å². The maximum Gasteiger partial charge on any atom is 0.170 e. The molecule has 5 rings (SSSR count). The highest BCUT2D eigenvalue weighted by Gasteiger charge is 2.41. The third kappa shape index (κ3) is 4.88. The second kappa shape index (κ2) is 9.99. The van der Waals surface area contributed by atoms with Gasteiger partial charge in [0.25, 0.3) is 0 Å². The van der Waals surface area contributed by atoms with Gasteiger partial charge in [-0.05, 0) is 54.7 Å². The average molecular weight is 503 g/mol. The number of halogens is 2. The fraction of sp³-hybridized carbons (Fsp3) is 0.333. The van der Waals surface area contributed by atoms with E-state index in [1.54, 1.807) is 12.3 Å². The van der Waals surface area contributed by atoms with Crippen molar-refractivity contribution in [2.24, 2.45) is 0 Å². The zero-order valence-electron chi connectivity index (χ0n) is 17.9. The Morgan fingerprint density at radius 1 is 1.03 bits per heavy atom. The lowest BCUT2D eigenvalue weighted by Gasteiger charge is -2.31. The van der Waals surface area contributed by atoms with Gasteiger partial charge in [0.1, 0.15) is 17.6 Å². The molecule has 0 saturated carbocycles. The molecular formula is C24H24Cl2N4O2S. The molecule has 0 unspecified atom stereocenters. The molecule has 3 aromatic rings. The molecule has 4 heterocycles. The number of hydrogen-bond acceptors (Lipinski definition) is 5. The van der Waals surface area contributed by atoms with Crippen LogP contribution in [0.3, 0.4) is 0 Å². The fourth-order valence-electron chi connectivity index (χ4n) is 4.35. The minimum absolute atomic E-state index is 0.115. The van der Waals surface area contributed by atoms with E-state index in [0.717, 1.165) is 62.2 Å². The van der Waals surface area contributed by atoms with Crippen LogP contribution in [0.2, 0.25) is 10.0 Å². The minimum atomic E-state index is -0.120. The van der Waals surface area contributed by atoms with E-state index in [1.165, 1.54) is 0 Å². The summed E-state index contributed by atoms with van der Waals surface area (Å²) in [7, 11) is 0. The van der Waals surface area contributed by atoms with E-state index in [-0.39, 0.29) is 12.1 Å². The van der Waals surface area contributed by atoms with Crippen LogP contribution < -0.4 is 5.32 Å². The highest BCUT2D eigenvalue weighted by molar-refractivity contribution is 7.80. The van der Waals surface area contributed by atoms with Gasteiger partial charge in [0.2, 0.25) is 0 Å². The number of nitrogens with one attached hydrogen (secondary N) is 1. The fourth-order valence-corrected chi connectivity index (χ4v) is 4.98. The number of thiocarbonyl (C=S) groups is 1. The second-order valence-corrected chi connectivity index (χ2v) is 9.31. The Kier molecular flexibility index (Phi) is 6.85. The van der Waals surface area contributed by atoms with Gasteiger partial charge in [-0.1, -0.05) is 29.3 Å². The minimum Gasteiger partial charge on any atom is -0.459 e. The molecular weight excluding hydrogens is 479 g/mol. The summed E-state index contributed by atoms with van der Waals surface area (Å²) in [6.45, 7) is 5.09. The average Bonchev–Trinajstić information content (AvgIpc) is 3.45. The molecule has 2 saturated heterocycles. The van der Waals surface area contributed by atoms with Gasteiger partial charge >= 0.3 is 0 Å². The van der Waals surface area contributed by atoms with Crippen LogP contribution in [0, 0.1) is 0 Å². The topological polar surface area (TPSA) is 53.8 Å². The van der Waals surface area contributed by atoms with Gasteiger partial charge in [0.05, 0.1) is 35.0 Å². The lowest BCUT2D eigenvalue weighted by atomic mass is 10.0. The Bertz CT molecular complexity index is 1120. The van der Waals surface area contributed by atoms with Crippen molar-refractivity contribution in [3.05, 3.63) is 76.2 Å². The zero-order chi connectivity index (χ0) is 22.8. The van der Waals surface area contributed by atoms with Crippen molar-refractivity contribution in [1.29, 1.82) is 0 Å². The smallest absolute Gasteiger partial charge is 0.170 e. The predicted octanol–water partition coefficient (Wildman–Crippen LogP) is 4.95. The molecule has 6 nitrogen and oxygen atoms in total. The van der Waals surface area contributed by atoms with Gasteiger partial charge in [-0.15, -0.1) is 0 Å². The number of nitrogens with zero attached hydrogens (tertiary/aromatic N) is 3. The quantitative estimate of drug-likeness (QED) is 0.478. The number of ether oxygens (including phenoxy) is 1. The van der Waals surface area contributed by atoms with Crippen LogP contribution in [0.1, 0.15) is 23.5 Å². The highest BCUT2D eigenvalue weighted by atomic mass is 35.5. The van der Waals surface area contributed by atoms with Crippen LogP contribution in [0.25, 0.3) is 11.3 Å². The van der Waals surface area contributed by atoms with Crippen LogP contribution >= 0.6 is 35.4 Å². The van der Waals surface area contributed by atoms with Gasteiger partial charge in [-0.2, -0.15) is 0 Å². The molecule has 1 aromatic carbocycles. The van der Waals surface area contributed by atoms with Crippen molar-refractivity contribution in [3.63, 3.8) is 0 Å². The first kappa shape index (κ1) is 22.6. The lowest BCUT2D eigenvalue weighted by molar-refractivity contribution is 0.0347. The van der Waals surface area contributed by atoms with Gasteiger partial charge in [0, 0.05) is 37.9 Å². The Morgan fingerprint density at radius 3 is 2.64 bits per heavy atom. The van der Waals surface area contributed by atoms with Crippen molar-refractivity contribution in [1.82, 2.24) is 20.1 Å². The van der Waals surface area contributed by atoms with Gasteiger partial charge in [-0.3, -0.25) is 9.88 Å². The summed E-state index contributed by atoms with van der Waals surface area (Å²) in [6, 6.07) is 15.2. The maximum atomic E-state index is 6.37. The summed E-state index contributed by atoms with van der Waals surface area (Å²) in [5.74, 6) is 1.55. The first-order valence-corrected chi connectivity index (χ1v) is 12.1. The molecule has 0 amide bonds. The molecule has 9 heteroatoms. The first-order chi connectivity index (χ1) is 16.1. The molecule has 0 radical (unpaired) electrons. The van der Waals surface area contributed by atoms with Crippen molar-refractivity contribution in [3.8, 4) is 11.3 Å². The van der Waals surface area contributed by atoms with Crippen molar-refractivity contribution < 1.29 is 9.15 Å². The number of morpholine rings is 1. The zero-order valence-corrected chi connectivity index (χ0v) is 20.2. The molecule has 0 bridgehead atoms. The van der Waals surface area contributed by atoms with E-state index in [4.69, 9.17) is 44.6 Å². The lowest BCUT2D eigenvalue weighted by Crippen LogP contribution is -2.42. The molecule has 2 fully saturated rings. The molecule has 1 N–H and O–H groups in total. The summed E-state index contributed by atoms with van der Waals surface area (Å²) >= 11 is 18.1. The summed E-state index contributed by atoms with van der Waals surface area (Å²) in [5, 5.41) is 5.19. The SMILES string of the molecule is S=C1N[C@@H](c2ccccn2)[C@@H](c2ccc(-c3ccc(Cl)c(Cl)c3)o2)N1CCN1CCOCC1. The standard InChI is InChI=1S/C24H24Cl2N4O2S/c25-17-5-4-16(15-18(17)26)20-6-7-21(32-20)23-22(19-3-1-2-8-27-19)28-24(33)30(23)10-9-29-11-13-31-14-12-29/h1-8,15,22-23H,9-14H2,(H,28,33)/t22-,23+/m0/s1. The number of furan rings is 1. The molecule has 172 valence electrons. The summed E-state index contributed by atoms with van der Waals surface area (Å²) in [6.07, 6.45) is 1.80. The molecule has 0 aliphatic carbocycles. The Labute approximate surface area is 208 Å². The van der Waals surface area contributed by atoms with Gasteiger partial charge in [-0.25, -0.2) is 0 Å². The molecule has 33 heavy (non-hydrogen) atoms. The molecule has 2 aromatic heterocycles. The first-order valence-electron chi connectivity index (χ1n) is 10.9. The third-order valence-corrected chi connectivity index (χ3v) is 7.17. The van der Waals surface area contributed by atoms with Gasteiger partial charge < -0.3 is 19.4 Å². The molecule has 2 aliphatic rings. The van der Waals surface area contributed by atoms with Crippen LogP contribution in [0.4, 0.5) is 0 Å². The van der Waals surface area contributed by atoms with Gasteiger partial charge in [0.15, 0.2) is 5.11 Å². The van der Waals surface area contributed by atoms with E-state index in [1.807, 2.05) is 42.5 Å². The predicted molar refractivity (Wildman–Crippen MR) is 134 cm³/mol.